The summed E-state index contributed by atoms with van der Waals surface area (Å²) < 4.78 is 6.75. The number of unbranched alkanes of at least 4 members (excludes halogenated alkanes) is 1. The number of rotatable bonds is 5. The van der Waals surface area contributed by atoms with Crippen molar-refractivity contribution in [3.8, 4) is 18.1 Å². The second-order valence-corrected chi connectivity index (χ2v) is 4.49. The standard InChI is InChI=1S/C13H16BrNO/c1-3-4-5-6-16-13-10(2)7-12(14)8-11(13)9-15/h1,7-8H,4-6,9,15H2,2H3. The van der Waals surface area contributed by atoms with Gasteiger partial charge in [-0.05, 0) is 31.0 Å². The molecule has 86 valence electrons. The van der Waals surface area contributed by atoms with Gasteiger partial charge in [-0.25, -0.2) is 0 Å². The fourth-order valence-corrected chi connectivity index (χ4v) is 2.13. The molecule has 2 N–H and O–H groups in total. The largest absolute Gasteiger partial charge is 0.493 e. The van der Waals surface area contributed by atoms with Crippen molar-refractivity contribution in [3.63, 3.8) is 0 Å². The minimum absolute atomic E-state index is 0.477. The molecule has 0 aliphatic heterocycles. The van der Waals surface area contributed by atoms with Crippen molar-refractivity contribution < 1.29 is 4.74 Å². The van der Waals surface area contributed by atoms with Crippen molar-refractivity contribution in [2.45, 2.75) is 26.3 Å². The number of ether oxygens (including phenoxy) is 1. The van der Waals surface area contributed by atoms with Crippen LogP contribution in [-0.2, 0) is 6.54 Å². The van der Waals surface area contributed by atoms with Gasteiger partial charge in [0.2, 0.25) is 0 Å². The number of terminal acetylenes is 1. The van der Waals surface area contributed by atoms with Crippen LogP contribution in [0.2, 0.25) is 0 Å². The van der Waals surface area contributed by atoms with Crippen LogP contribution in [0.3, 0.4) is 0 Å². The van der Waals surface area contributed by atoms with Gasteiger partial charge in [-0.15, -0.1) is 12.3 Å². The highest BCUT2D eigenvalue weighted by Crippen LogP contribution is 2.27. The molecule has 3 heteroatoms. The average Bonchev–Trinajstić information content (AvgIpc) is 2.26. The predicted molar refractivity (Wildman–Crippen MR) is 70.3 cm³/mol. The molecule has 0 saturated heterocycles. The highest BCUT2D eigenvalue weighted by Gasteiger charge is 2.07. The van der Waals surface area contributed by atoms with Crippen LogP contribution in [0.25, 0.3) is 0 Å². The van der Waals surface area contributed by atoms with Crippen molar-refractivity contribution in [2.24, 2.45) is 5.73 Å². The highest BCUT2D eigenvalue weighted by molar-refractivity contribution is 9.10. The summed E-state index contributed by atoms with van der Waals surface area (Å²) in [7, 11) is 0. The Labute approximate surface area is 105 Å². The first-order chi connectivity index (χ1) is 7.69. The quantitative estimate of drug-likeness (QED) is 0.665. The molecule has 0 heterocycles. The monoisotopic (exact) mass is 281 g/mol. The van der Waals surface area contributed by atoms with E-state index >= 15 is 0 Å². The molecular formula is C13H16BrNO. The van der Waals surface area contributed by atoms with E-state index in [2.05, 4.69) is 21.9 Å². The molecule has 0 aliphatic rings. The first-order valence-corrected chi connectivity index (χ1v) is 6.03. The minimum Gasteiger partial charge on any atom is -0.493 e. The van der Waals surface area contributed by atoms with Gasteiger partial charge in [0.25, 0.3) is 0 Å². The van der Waals surface area contributed by atoms with Crippen LogP contribution in [0, 0.1) is 19.3 Å². The first kappa shape index (κ1) is 13.1. The zero-order valence-electron chi connectivity index (χ0n) is 9.42. The van der Waals surface area contributed by atoms with Gasteiger partial charge >= 0.3 is 0 Å². The van der Waals surface area contributed by atoms with Crippen LogP contribution < -0.4 is 10.5 Å². The van der Waals surface area contributed by atoms with Gasteiger partial charge in [0.05, 0.1) is 6.61 Å². The van der Waals surface area contributed by atoms with Gasteiger partial charge in [0.15, 0.2) is 0 Å². The third kappa shape index (κ3) is 3.55. The molecule has 0 amide bonds. The number of hydrogen-bond acceptors (Lipinski definition) is 2. The van der Waals surface area contributed by atoms with Gasteiger partial charge in [-0.1, -0.05) is 15.9 Å². The summed E-state index contributed by atoms with van der Waals surface area (Å²) in [6, 6.07) is 4.01. The number of hydrogen-bond donors (Lipinski definition) is 1. The van der Waals surface area contributed by atoms with E-state index < -0.39 is 0 Å². The van der Waals surface area contributed by atoms with Crippen molar-refractivity contribution in [3.05, 3.63) is 27.7 Å². The van der Waals surface area contributed by atoms with E-state index in [0.717, 1.165) is 34.2 Å². The Bertz CT molecular complexity index is 396. The molecule has 1 aromatic carbocycles. The SMILES string of the molecule is C#CCCCOc1c(C)cc(Br)cc1CN. The summed E-state index contributed by atoms with van der Waals surface area (Å²) >= 11 is 3.44. The normalized spacial score (nSPS) is 9.88. The van der Waals surface area contributed by atoms with Crippen LogP contribution in [0.4, 0.5) is 0 Å². The van der Waals surface area contributed by atoms with E-state index in [1.165, 1.54) is 0 Å². The third-order valence-electron chi connectivity index (χ3n) is 2.25. The second-order valence-electron chi connectivity index (χ2n) is 3.57. The first-order valence-electron chi connectivity index (χ1n) is 5.24. The lowest BCUT2D eigenvalue weighted by Crippen LogP contribution is -2.05. The molecule has 0 bridgehead atoms. The molecule has 0 aromatic heterocycles. The van der Waals surface area contributed by atoms with Crippen molar-refractivity contribution in [1.82, 2.24) is 0 Å². The molecule has 0 spiro atoms. The fraction of sp³-hybridized carbons (Fsp3) is 0.385. The maximum atomic E-state index is 5.72. The van der Waals surface area contributed by atoms with Crippen LogP contribution in [-0.4, -0.2) is 6.61 Å². The van der Waals surface area contributed by atoms with Crippen LogP contribution >= 0.6 is 15.9 Å². The molecule has 0 radical (unpaired) electrons. The molecule has 0 atom stereocenters. The Kier molecular flexibility index (Phi) is 5.37. The van der Waals surface area contributed by atoms with Crippen molar-refractivity contribution >= 4 is 15.9 Å². The van der Waals surface area contributed by atoms with E-state index in [1.807, 2.05) is 19.1 Å². The van der Waals surface area contributed by atoms with Gasteiger partial charge in [-0.3, -0.25) is 0 Å². The molecule has 0 fully saturated rings. The van der Waals surface area contributed by atoms with E-state index in [0.29, 0.717) is 13.2 Å². The summed E-state index contributed by atoms with van der Waals surface area (Å²) in [5.74, 6) is 3.49. The Morgan fingerprint density at radius 1 is 1.50 bits per heavy atom. The maximum Gasteiger partial charge on any atom is 0.126 e. The number of nitrogens with two attached hydrogens (primary N) is 1. The van der Waals surface area contributed by atoms with E-state index in [9.17, 15) is 0 Å². The fourth-order valence-electron chi connectivity index (χ4n) is 1.51. The van der Waals surface area contributed by atoms with Crippen molar-refractivity contribution in [2.75, 3.05) is 6.61 Å². The molecule has 1 aromatic rings. The van der Waals surface area contributed by atoms with Crippen LogP contribution in [0.5, 0.6) is 5.75 Å². The van der Waals surface area contributed by atoms with Gasteiger partial charge in [0.1, 0.15) is 5.75 Å². The lowest BCUT2D eigenvalue weighted by molar-refractivity contribution is 0.307. The number of halogens is 1. The Morgan fingerprint density at radius 3 is 2.88 bits per heavy atom. The Hall–Kier alpha value is -0.980. The minimum atomic E-state index is 0.477. The Morgan fingerprint density at radius 2 is 2.25 bits per heavy atom. The predicted octanol–water partition coefficient (Wildman–Crippen LogP) is 3.01. The summed E-state index contributed by atoms with van der Waals surface area (Å²) in [6.45, 7) is 3.13. The number of aryl methyl sites for hydroxylation is 1. The lowest BCUT2D eigenvalue weighted by Gasteiger charge is -2.13. The average molecular weight is 282 g/mol. The van der Waals surface area contributed by atoms with Gasteiger partial charge in [0, 0.05) is 23.0 Å². The third-order valence-corrected chi connectivity index (χ3v) is 2.71. The molecule has 2 nitrogen and oxygen atoms in total. The van der Waals surface area contributed by atoms with E-state index in [1.54, 1.807) is 0 Å². The summed E-state index contributed by atoms with van der Waals surface area (Å²) in [5.41, 5.74) is 7.80. The zero-order valence-corrected chi connectivity index (χ0v) is 11.0. The van der Waals surface area contributed by atoms with E-state index in [4.69, 9.17) is 16.9 Å². The highest BCUT2D eigenvalue weighted by atomic mass is 79.9. The van der Waals surface area contributed by atoms with Gasteiger partial charge in [-0.2, -0.15) is 0 Å². The Balaban J connectivity index is 2.74. The molecule has 1 rings (SSSR count). The summed E-state index contributed by atoms with van der Waals surface area (Å²) in [6.07, 6.45) is 6.80. The molecule has 0 saturated carbocycles. The smallest absolute Gasteiger partial charge is 0.126 e. The van der Waals surface area contributed by atoms with Crippen LogP contribution in [0.1, 0.15) is 24.0 Å². The zero-order chi connectivity index (χ0) is 12.0. The number of benzene rings is 1. The summed E-state index contributed by atoms with van der Waals surface area (Å²) in [4.78, 5) is 0. The van der Waals surface area contributed by atoms with Gasteiger partial charge < -0.3 is 10.5 Å². The summed E-state index contributed by atoms with van der Waals surface area (Å²) in [5, 5.41) is 0. The van der Waals surface area contributed by atoms with E-state index in [-0.39, 0.29) is 0 Å². The van der Waals surface area contributed by atoms with Crippen molar-refractivity contribution in [1.29, 1.82) is 0 Å². The topological polar surface area (TPSA) is 35.2 Å². The molecular weight excluding hydrogens is 266 g/mol. The molecule has 0 unspecified atom stereocenters. The second kappa shape index (κ2) is 6.57. The molecule has 16 heavy (non-hydrogen) atoms. The lowest BCUT2D eigenvalue weighted by atomic mass is 10.1. The van der Waals surface area contributed by atoms with Crippen LogP contribution in [0.15, 0.2) is 16.6 Å². The maximum absolute atomic E-state index is 5.72. The molecule has 0 aliphatic carbocycles.